The number of H-pyrrole nitrogens is 1. The second-order valence-corrected chi connectivity index (χ2v) is 4.17. The molecular formula is C14H13N4O. The third kappa shape index (κ3) is 3.07. The SMILES string of the molecule is [CH](Cc1c[nH]cn1)c1nnc(Cc2ccccc2)o1. The maximum atomic E-state index is 5.57. The molecule has 0 atom stereocenters. The van der Waals surface area contributed by atoms with Gasteiger partial charge in [0.25, 0.3) is 0 Å². The number of hydrogen-bond acceptors (Lipinski definition) is 4. The van der Waals surface area contributed by atoms with Gasteiger partial charge in [-0.25, -0.2) is 4.98 Å². The topological polar surface area (TPSA) is 67.6 Å². The van der Waals surface area contributed by atoms with Crippen molar-refractivity contribution < 1.29 is 4.42 Å². The summed E-state index contributed by atoms with van der Waals surface area (Å²) in [4.78, 5) is 7.04. The van der Waals surface area contributed by atoms with Crippen LogP contribution in [0, 0.1) is 6.42 Å². The van der Waals surface area contributed by atoms with Crippen molar-refractivity contribution >= 4 is 0 Å². The second-order valence-electron chi connectivity index (χ2n) is 4.17. The normalized spacial score (nSPS) is 10.7. The molecule has 0 fully saturated rings. The van der Waals surface area contributed by atoms with Crippen LogP contribution in [-0.2, 0) is 12.8 Å². The van der Waals surface area contributed by atoms with E-state index in [1.165, 1.54) is 0 Å². The van der Waals surface area contributed by atoms with Crippen LogP contribution in [0.25, 0.3) is 0 Å². The molecule has 2 heterocycles. The van der Waals surface area contributed by atoms with Crippen LogP contribution in [0.15, 0.2) is 47.3 Å². The third-order valence-corrected chi connectivity index (χ3v) is 2.72. The molecule has 1 radical (unpaired) electrons. The van der Waals surface area contributed by atoms with E-state index in [-0.39, 0.29) is 0 Å². The van der Waals surface area contributed by atoms with Crippen LogP contribution in [0.4, 0.5) is 0 Å². The molecule has 0 aliphatic carbocycles. The van der Waals surface area contributed by atoms with Gasteiger partial charge in [0.1, 0.15) is 0 Å². The smallest absolute Gasteiger partial charge is 0.220 e. The van der Waals surface area contributed by atoms with Crippen molar-refractivity contribution in [1.29, 1.82) is 0 Å². The summed E-state index contributed by atoms with van der Waals surface area (Å²) in [6.07, 6.45) is 6.70. The highest BCUT2D eigenvalue weighted by Crippen LogP contribution is 2.10. The third-order valence-electron chi connectivity index (χ3n) is 2.72. The lowest BCUT2D eigenvalue weighted by atomic mass is 10.2. The predicted molar refractivity (Wildman–Crippen MR) is 69.2 cm³/mol. The number of rotatable bonds is 5. The standard InChI is InChI=1S/C14H13N4O/c1-2-4-11(5-3-1)8-14-18-17-13(19-14)7-6-12-9-15-10-16-12/h1-5,7,9-10H,6,8H2,(H,15,16). The molecule has 0 bridgehead atoms. The van der Waals surface area contributed by atoms with Gasteiger partial charge < -0.3 is 9.40 Å². The molecule has 0 unspecified atom stereocenters. The highest BCUT2D eigenvalue weighted by molar-refractivity contribution is 5.18. The second kappa shape index (κ2) is 5.48. The lowest BCUT2D eigenvalue weighted by Crippen LogP contribution is -1.88. The van der Waals surface area contributed by atoms with E-state index in [0.29, 0.717) is 24.6 Å². The van der Waals surface area contributed by atoms with E-state index in [2.05, 4.69) is 20.2 Å². The number of imidazole rings is 1. The van der Waals surface area contributed by atoms with E-state index in [1.54, 1.807) is 6.33 Å². The first kappa shape index (κ1) is 11.6. The fourth-order valence-corrected chi connectivity index (χ4v) is 1.79. The van der Waals surface area contributed by atoms with Gasteiger partial charge in [0.15, 0.2) is 0 Å². The molecule has 1 N–H and O–H groups in total. The first-order chi connectivity index (χ1) is 9.40. The van der Waals surface area contributed by atoms with Crippen LogP contribution in [0.3, 0.4) is 0 Å². The Hall–Kier alpha value is -2.43. The number of hydrogen-bond donors (Lipinski definition) is 1. The Labute approximate surface area is 110 Å². The average molecular weight is 253 g/mol. The lowest BCUT2D eigenvalue weighted by Gasteiger charge is -1.95. The van der Waals surface area contributed by atoms with E-state index < -0.39 is 0 Å². The van der Waals surface area contributed by atoms with Crippen molar-refractivity contribution in [1.82, 2.24) is 20.2 Å². The number of aromatic nitrogens is 4. The van der Waals surface area contributed by atoms with Gasteiger partial charge in [0, 0.05) is 12.6 Å². The van der Waals surface area contributed by atoms with Crippen LogP contribution < -0.4 is 0 Å². The van der Waals surface area contributed by atoms with Crippen LogP contribution >= 0.6 is 0 Å². The summed E-state index contributed by atoms with van der Waals surface area (Å²) >= 11 is 0. The van der Waals surface area contributed by atoms with Gasteiger partial charge in [-0.2, -0.15) is 0 Å². The predicted octanol–water partition coefficient (Wildman–Crippen LogP) is 2.18. The Morgan fingerprint density at radius 1 is 1.16 bits per heavy atom. The van der Waals surface area contributed by atoms with Gasteiger partial charge in [-0.05, 0) is 5.56 Å². The number of benzene rings is 1. The average Bonchev–Trinajstić information content (AvgIpc) is 3.09. The van der Waals surface area contributed by atoms with Crippen molar-refractivity contribution in [2.24, 2.45) is 0 Å². The fourth-order valence-electron chi connectivity index (χ4n) is 1.79. The molecule has 95 valence electrons. The highest BCUT2D eigenvalue weighted by Gasteiger charge is 2.07. The van der Waals surface area contributed by atoms with Gasteiger partial charge >= 0.3 is 0 Å². The zero-order chi connectivity index (χ0) is 12.9. The summed E-state index contributed by atoms with van der Waals surface area (Å²) in [5.74, 6) is 1.16. The summed E-state index contributed by atoms with van der Waals surface area (Å²) in [6, 6.07) is 10.1. The molecule has 0 amide bonds. The van der Waals surface area contributed by atoms with Crippen molar-refractivity contribution in [3.63, 3.8) is 0 Å². The molecular weight excluding hydrogens is 240 g/mol. The van der Waals surface area contributed by atoms with Crippen LogP contribution in [0.5, 0.6) is 0 Å². The summed E-state index contributed by atoms with van der Waals surface area (Å²) in [6.45, 7) is 0. The minimum Gasteiger partial charge on any atom is -0.425 e. The van der Waals surface area contributed by atoms with Crippen molar-refractivity contribution in [3.05, 3.63) is 72.3 Å². The molecule has 0 spiro atoms. The fraction of sp³-hybridized carbons (Fsp3) is 0.143. The summed E-state index contributed by atoms with van der Waals surface area (Å²) in [5, 5.41) is 8.04. The molecule has 2 aromatic heterocycles. The first-order valence-electron chi connectivity index (χ1n) is 6.07. The molecule has 0 aliphatic heterocycles. The molecule has 5 nitrogen and oxygen atoms in total. The quantitative estimate of drug-likeness (QED) is 0.756. The summed E-state index contributed by atoms with van der Waals surface area (Å²) < 4.78 is 5.57. The van der Waals surface area contributed by atoms with Crippen LogP contribution in [0.1, 0.15) is 23.0 Å². The Kier molecular flexibility index (Phi) is 3.36. The van der Waals surface area contributed by atoms with Gasteiger partial charge in [0.2, 0.25) is 11.8 Å². The Balaban J connectivity index is 1.60. The minimum absolute atomic E-state index is 0.536. The number of nitrogens with zero attached hydrogens (tertiary/aromatic N) is 3. The van der Waals surface area contributed by atoms with Crippen molar-refractivity contribution in [2.75, 3.05) is 0 Å². The van der Waals surface area contributed by atoms with Gasteiger partial charge in [-0.15, -0.1) is 10.2 Å². The zero-order valence-corrected chi connectivity index (χ0v) is 10.3. The molecule has 0 saturated carbocycles. The van der Waals surface area contributed by atoms with E-state index in [4.69, 9.17) is 4.42 Å². The lowest BCUT2D eigenvalue weighted by molar-refractivity contribution is 0.480. The van der Waals surface area contributed by atoms with Crippen LogP contribution in [-0.4, -0.2) is 20.2 Å². The van der Waals surface area contributed by atoms with Crippen LogP contribution in [0.2, 0.25) is 0 Å². The molecule has 0 aliphatic rings. The Bertz CT molecular complexity index is 616. The van der Waals surface area contributed by atoms with Crippen molar-refractivity contribution in [2.45, 2.75) is 12.8 Å². The summed E-state index contributed by atoms with van der Waals surface area (Å²) in [5.41, 5.74) is 2.10. The molecule has 3 aromatic rings. The monoisotopic (exact) mass is 253 g/mol. The largest absolute Gasteiger partial charge is 0.425 e. The van der Waals surface area contributed by atoms with Gasteiger partial charge in [-0.1, -0.05) is 30.3 Å². The molecule has 5 heteroatoms. The maximum absolute atomic E-state index is 5.57. The maximum Gasteiger partial charge on any atom is 0.220 e. The van der Waals surface area contributed by atoms with E-state index in [1.807, 2.05) is 42.9 Å². The Morgan fingerprint density at radius 3 is 2.84 bits per heavy atom. The van der Waals surface area contributed by atoms with E-state index in [9.17, 15) is 0 Å². The van der Waals surface area contributed by atoms with Gasteiger partial charge in [-0.3, -0.25) is 0 Å². The first-order valence-corrected chi connectivity index (χ1v) is 6.07. The van der Waals surface area contributed by atoms with E-state index in [0.717, 1.165) is 11.3 Å². The molecule has 3 rings (SSSR count). The number of nitrogens with one attached hydrogen (secondary N) is 1. The summed E-state index contributed by atoms with van der Waals surface area (Å²) in [7, 11) is 0. The van der Waals surface area contributed by atoms with E-state index >= 15 is 0 Å². The molecule has 19 heavy (non-hydrogen) atoms. The van der Waals surface area contributed by atoms with Gasteiger partial charge in [0.05, 0.1) is 24.9 Å². The minimum atomic E-state index is 0.536. The highest BCUT2D eigenvalue weighted by atomic mass is 16.4. The van der Waals surface area contributed by atoms with Crippen molar-refractivity contribution in [3.8, 4) is 0 Å². The molecule has 0 saturated heterocycles. The zero-order valence-electron chi connectivity index (χ0n) is 10.3. The molecule has 1 aromatic carbocycles. The number of aromatic amines is 1. The Morgan fingerprint density at radius 2 is 2.05 bits per heavy atom.